The Kier molecular flexibility index (Phi) is 3.93. The molecule has 0 aliphatic rings. The number of hydrogen-bond acceptors (Lipinski definition) is 5. The molecular formula is C11H12N2OS2. The van der Waals surface area contributed by atoms with Gasteiger partial charge in [0.2, 0.25) is 0 Å². The van der Waals surface area contributed by atoms with Crippen molar-refractivity contribution in [2.45, 2.75) is 17.4 Å². The lowest BCUT2D eigenvalue weighted by Crippen LogP contribution is -1.99. The summed E-state index contributed by atoms with van der Waals surface area (Å²) in [5, 5.41) is 18.8. The van der Waals surface area contributed by atoms with Gasteiger partial charge in [0.25, 0.3) is 0 Å². The summed E-state index contributed by atoms with van der Waals surface area (Å²) in [6, 6.07) is 9.65. The van der Waals surface area contributed by atoms with Crippen molar-refractivity contribution in [1.29, 1.82) is 0 Å². The van der Waals surface area contributed by atoms with Gasteiger partial charge in [0.05, 0.1) is 6.10 Å². The summed E-state index contributed by atoms with van der Waals surface area (Å²) in [6.45, 7) is 1.93. The Bertz CT molecular complexity index is 444. The largest absolute Gasteiger partial charge is 0.388 e. The first kappa shape index (κ1) is 11.6. The maximum absolute atomic E-state index is 9.92. The van der Waals surface area contributed by atoms with E-state index in [4.69, 9.17) is 0 Å². The van der Waals surface area contributed by atoms with Crippen LogP contribution in [-0.2, 0) is 0 Å². The van der Waals surface area contributed by atoms with Crippen LogP contribution in [0.2, 0.25) is 0 Å². The van der Waals surface area contributed by atoms with Gasteiger partial charge in [0, 0.05) is 5.75 Å². The van der Waals surface area contributed by atoms with E-state index in [0.717, 1.165) is 14.9 Å². The molecule has 1 unspecified atom stereocenters. The first-order chi connectivity index (χ1) is 7.75. The molecule has 0 amide bonds. The summed E-state index contributed by atoms with van der Waals surface area (Å²) in [5.74, 6) is 0.610. The van der Waals surface area contributed by atoms with Gasteiger partial charge in [-0.05, 0) is 12.5 Å². The van der Waals surface area contributed by atoms with E-state index in [9.17, 15) is 5.11 Å². The maximum Gasteiger partial charge on any atom is 0.174 e. The van der Waals surface area contributed by atoms with Crippen LogP contribution < -0.4 is 0 Å². The van der Waals surface area contributed by atoms with Gasteiger partial charge < -0.3 is 5.11 Å². The molecule has 84 valence electrons. The molecule has 1 aromatic heterocycles. The SMILES string of the molecule is Cc1nnc(SCC(O)c2ccccc2)s1. The Hall–Kier alpha value is -0.910. The molecule has 0 aliphatic carbocycles. The van der Waals surface area contributed by atoms with E-state index in [2.05, 4.69) is 10.2 Å². The third-order valence-corrected chi connectivity index (χ3v) is 4.10. The van der Waals surface area contributed by atoms with E-state index in [-0.39, 0.29) is 0 Å². The van der Waals surface area contributed by atoms with Crippen LogP contribution in [-0.4, -0.2) is 21.1 Å². The Morgan fingerprint density at radius 3 is 2.69 bits per heavy atom. The minimum atomic E-state index is -0.449. The van der Waals surface area contributed by atoms with Crippen LogP contribution in [0.5, 0.6) is 0 Å². The number of nitrogens with zero attached hydrogens (tertiary/aromatic N) is 2. The quantitative estimate of drug-likeness (QED) is 0.850. The number of hydrogen-bond donors (Lipinski definition) is 1. The molecule has 0 bridgehead atoms. The zero-order chi connectivity index (χ0) is 11.4. The molecule has 2 rings (SSSR count). The Morgan fingerprint density at radius 2 is 2.06 bits per heavy atom. The normalized spacial score (nSPS) is 12.6. The van der Waals surface area contributed by atoms with Crippen LogP contribution in [0.1, 0.15) is 16.7 Å². The van der Waals surface area contributed by atoms with Crippen LogP contribution in [0, 0.1) is 6.92 Å². The number of benzene rings is 1. The Morgan fingerprint density at radius 1 is 1.31 bits per heavy atom. The summed E-state index contributed by atoms with van der Waals surface area (Å²) in [5.41, 5.74) is 0.941. The molecule has 1 aromatic carbocycles. The van der Waals surface area contributed by atoms with Gasteiger partial charge in [-0.2, -0.15) is 0 Å². The van der Waals surface area contributed by atoms with Crippen LogP contribution in [0.3, 0.4) is 0 Å². The number of aliphatic hydroxyl groups is 1. The molecule has 5 heteroatoms. The van der Waals surface area contributed by atoms with Gasteiger partial charge in [-0.1, -0.05) is 53.4 Å². The zero-order valence-corrected chi connectivity index (χ0v) is 10.5. The van der Waals surface area contributed by atoms with Crippen molar-refractivity contribution in [1.82, 2.24) is 10.2 Å². The first-order valence-electron chi connectivity index (χ1n) is 4.91. The Balaban J connectivity index is 1.91. The molecule has 0 fully saturated rings. The number of rotatable bonds is 4. The second-order valence-corrected chi connectivity index (χ2v) is 5.77. The fourth-order valence-electron chi connectivity index (χ4n) is 1.26. The highest BCUT2D eigenvalue weighted by Crippen LogP contribution is 2.26. The van der Waals surface area contributed by atoms with Crippen LogP contribution >= 0.6 is 23.1 Å². The van der Waals surface area contributed by atoms with Crippen molar-refractivity contribution in [2.75, 3.05) is 5.75 Å². The van der Waals surface area contributed by atoms with E-state index in [1.807, 2.05) is 37.3 Å². The predicted octanol–water partition coefficient (Wildman–Crippen LogP) is 2.67. The van der Waals surface area contributed by atoms with Gasteiger partial charge >= 0.3 is 0 Å². The molecular weight excluding hydrogens is 240 g/mol. The van der Waals surface area contributed by atoms with Gasteiger partial charge in [0.15, 0.2) is 4.34 Å². The predicted molar refractivity (Wildman–Crippen MR) is 66.8 cm³/mol. The summed E-state index contributed by atoms with van der Waals surface area (Å²) >= 11 is 3.09. The third kappa shape index (κ3) is 3.04. The minimum absolute atomic E-state index is 0.449. The smallest absolute Gasteiger partial charge is 0.174 e. The fraction of sp³-hybridized carbons (Fsp3) is 0.273. The number of thioether (sulfide) groups is 1. The Labute approximate surface area is 103 Å². The number of aliphatic hydroxyl groups excluding tert-OH is 1. The molecule has 0 saturated carbocycles. The van der Waals surface area contributed by atoms with Crippen molar-refractivity contribution in [3.05, 3.63) is 40.9 Å². The molecule has 3 nitrogen and oxygen atoms in total. The molecule has 16 heavy (non-hydrogen) atoms. The summed E-state index contributed by atoms with van der Waals surface area (Å²) in [6.07, 6.45) is -0.449. The van der Waals surface area contributed by atoms with E-state index < -0.39 is 6.10 Å². The molecule has 1 atom stereocenters. The highest BCUT2D eigenvalue weighted by molar-refractivity contribution is 8.01. The van der Waals surface area contributed by atoms with Crippen LogP contribution in [0.15, 0.2) is 34.7 Å². The van der Waals surface area contributed by atoms with Crippen molar-refractivity contribution in [3.8, 4) is 0 Å². The number of aryl methyl sites for hydroxylation is 1. The van der Waals surface area contributed by atoms with Crippen LogP contribution in [0.25, 0.3) is 0 Å². The number of aromatic nitrogens is 2. The first-order valence-corrected chi connectivity index (χ1v) is 6.72. The van der Waals surface area contributed by atoms with Gasteiger partial charge in [0.1, 0.15) is 5.01 Å². The van der Waals surface area contributed by atoms with Gasteiger partial charge in [-0.15, -0.1) is 10.2 Å². The zero-order valence-electron chi connectivity index (χ0n) is 8.83. The van der Waals surface area contributed by atoms with Crippen molar-refractivity contribution in [2.24, 2.45) is 0 Å². The summed E-state index contributed by atoms with van der Waals surface area (Å²) in [7, 11) is 0. The lowest BCUT2D eigenvalue weighted by molar-refractivity contribution is 0.204. The van der Waals surface area contributed by atoms with Gasteiger partial charge in [-0.3, -0.25) is 0 Å². The van der Waals surface area contributed by atoms with E-state index in [0.29, 0.717) is 5.75 Å². The molecule has 2 aromatic rings. The second-order valence-electron chi connectivity index (χ2n) is 3.32. The van der Waals surface area contributed by atoms with E-state index >= 15 is 0 Å². The topological polar surface area (TPSA) is 46.0 Å². The standard InChI is InChI=1S/C11H12N2OS2/c1-8-12-13-11(16-8)15-7-10(14)9-5-3-2-4-6-9/h2-6,10,14H,7H2,1H3. The molecule has 0 aliphatic heterocycles. The minimum Gasteiger partial charge on any atom is -0.388 e. The third-order valence-electron chi connectivity index (χ3n) is 2.06. The summed E-state index contributed by atoms with van der Waals surface area (Å²) < 4.78 is 0.910. The fourth-order valence-corrected chi connectivity index (χ4v) is 3.07. The monoisotopic (exact) mass is 252 g/mol. The molecule has 1 heterocycles. The highest BCUT2D eigenvalue weighted by atomic mass is 32.2. The average molecular weight is 252 g/mol. The molecule has 0 spiro atoms. The average Bonchev–Trinajstić information content (AvgIpc) is 2.73. The highest BCUT2D eigenvalue weighted by Gasteiger charge is 2.09. The second kappa shape index (κ2) is 5.43. The maximum atomic E-state index is 9.92. The van der Waals surface area contributed by atoms with E-state index in [1.54, 1.807) is 11.3 Å². The van der Waals surface area contributed by atoms with Crippen molar-refractivity contribution < 1.29 is 5.11 Å². The lowest BCUT2D eigenvalue weighted by atomic mass is 10.1. The lowest BCUT2D eigenvalue weighted by Gasteiger charge is -2.08. The van der Waals surface area contributed by atoms with Gasteiger partial charge in [-0.25, -0.2) is 0 Å². The van der Waals surface area contributed by atoms with Crippen LogP contribution in [0.4, 0.5) is 0 Å². The summed E-state index contributed by atoms with van der Waals surface area (Å²) in [4.78, 5) is 0. The van der Waals surface area contributed by atoms with Crippen molar-refractivity contribution >= 4 is 23.1 Å². The molecule has 0 radical (unpaired) electrons. The molecule has 1 N–H and O–H groups in total. The van der Waals surface area contributed by atoms with Crippen molar-refractivity contribution in [3.63, 3.8) is 0 Å². The molecule has 0 saturated heterocycles. The van der Waals surface area contributed by atoms with E-state index in [1.165, 1.54) is 11.8 Å².